The maximum Gasteiger partial charge on any atom is 0.326 e. The van der Waals surface area contributed by atoms with E-state index in [1.807, 2.05) is 44.2 Å². The van der Waals surface area contributed by atoms with Gasteiger partial charge < -0.3 is 29.4 Å². The third-order valence-electron chi connectivity index (χ3n) is 10.3. The molecule has 0 aliphatic carbocycles. The number of carbonyl (C=O) groups is 2. The van der Waals surface area contributed by atoms with Crippen molar-refractivity contribution in [2.45, 2.75) is 58.0 Å². The number of rotatable bonds is 13. The summed E-state index contributed by atoms with van der Waals surface area (Å²) in [7, 11) is -1.40. The first-order valence-corrected chi connectivity index (χ1v) is 20.8. The van der Waals surface area contributed by atoms with Gasteiger partial charge in [-0.1, -0.05) is 53.5 Å². The summed E-state index contributed by atoms with van der Waals surface area (Å²) in [6.07, 6.45) is 1.13. The van der Waals surface area contributed by atoms with Crippen LogP contribution in [0.15, 0.2) is 91.1 Å². The third-order valence-corrected chi connectivity index (χ3v) is 13.0. The SMILES string of the molecule is Cc1nccc(Oc2ccc(CC(NC(=O)[C@@H]3Cc4cc5c(cc4CN3S(=O)(=O)N(C)C)O[C@@H](c3ccc(OCc4ccc(Cl)c(Cl)c4)cc3)CO5)C(=O)O)cc2)c1C. The van der Waals surface area contributed by atoms with Gasteiger partial charge in [-0.3, -0.25) is 9.78 Å². The van der Waals surface area contributed by atoms with Gasteiger partial charge in [-0.15, -0.1) is 0 Å². The molecule has 3 atom stereocenters. The number of carboxylic acids is 1. The quantitative estimate of drug-likeness (QED) is 0.124. The van der Waals surface area contributed by atoms with Crippen LogP contribution in [0, 0.1) is 13.8 Å². The lowest BCUT2D eigenvalue weighted by molar-refractivity contribution is -0.142. The Kier molecular flexibility index (Phi) is 12.4. The van der Waals surface area contributed by atoms with Gasteiger partial charge in [0.05, 0.1) is 10.0 Å². The molecular formula is C43H42Cl2N4O9S. The highest BCUT2D eigenvalue weighted by Crippen LogP contribution is 2.41. The van der Waals surface area contributed by atoms with E-state index in [0.717, 1.165) is 31.0 Å². The van der Waals surface area contributed by atoms with E-state index in [0.29, 0.717) is 62.1 Å². The lowest BCUT2D eigenvalue weighted by Crippen LogP contribution is -2.57. The molecule has 5 aromatic rings. The lowest BCUT2D eigenvalue weighted by Gasteiger charge is -2.37. The number of nitrogens with one attached hydrogen (secondary N) is 1. The number of fused-ring (bicyclic) bond motifs is 2. The van der Waals surface area contributed by atoms with Crippen molar-refractivity contribution in [3.8, 4) is 28.7 Å². The van der Waals surface area contributed by atoms with Crippen molar-refractivity contribution in [3.63, 3.8) is 0 Å². The van der Waals surface area contributed by atoms with Crippen molar-refractivity contribution in [2.75, 3.05) is 20.7 Å². The molecule has 13 nitrogen and oxygen atoms in total. The Bertz CT molecular complexity index is 2490. The predicted molar refractivity (Wildman–Crippen MR) is 222 cm³/mol. The normalized spacial score (nSPS) is 16.9. The number of benzene rings is 4. The van der Waals surface area contributed by atoms with Gasteiger partial charge in [0.2, 0.25) is 5.91 Å². The smallest absolute Gasteiger partial charge is 0.326 e. The summed E-state index contributed by atoms with van der Waals surface area (Å²) in [5, 5.41) is 13.7. The van der Waals surface area contributed by atoms with E-state index < -0.39 is 40.3 Å². The number of nitrogens with zero attached hydrogens (tertiary/aromatic N) is 3. The highest BCUT2D eigenvalue weighted by atomic mass is 35.5. The molecule has 1 aromatic heterocycles. The van der Waals surface area contributed by atoms with Crippen molar-refractivity contribution in [1.82, 2.24) is 18.9 Å². The number of carboxylic acid groups (broad SMARTS) is 1. The van der Waals surface area contributed by atoms with E-state index >= 15 is 0 Å². The Morgan fingerprint density at radius 2 is 1.63 bits per heavy atom. The van der Waals surface area contributed by atoms with Crippen molar-refractivity contribution in [3.05, 3.63) is 140 Å². The number of ether oxygens (including phenoxy) is 4. The third kappa shape index (κ3) is 9.42. The highest BCUT2D eigenvalue weighted by molar-refractivity contribution is 7.86. The summed E-state index contributed by atoms with van der Waals surface area (Å²) in [5.74, 6) is 0.729. The molecule has 2 aliphatic rings. The fourth-order valence-corrected chi connectivity index (χ4v) is 8.33. The Hall–Kier alpha value is -5.38. The number of amides is 1. The van der Waals surface area contributed by atoms with E-state index in [9.17, 15) is 23.1 Å². The van der Waals surface area contributed by atoms with Crippen LogP contribution in [0.2, 0.25) is 10.0 Å². The highest BCUT2D eigenvalue weighted by Gasteiger charge is 2.42. The summed E-state index contributed by atoms with van der Waals surface area (Å²) in [6.45, 7) is 4.15. The minimum absolute atomic E-state index is 0.0235. The standard InChI is InChI=1S/C43H42Cl2N4O9S/c1-25-26(2)46-16-15-38(25)57-33-10-5-27(6-11-33)18-36(43(51)52)47-42(50)37-19-30-20-39-40(21-31(30)22-49(37)59(53,54)48(3)4)58-41(24-56-39)29-8-12-32(13-9-29)55-23-28-7-14-34(44)35(45)17-28/h5-17,20-21,36-37,41H,18-19,22-24H2,1-4H3,(H,47,50)(H,51,52)/t36?,37-,41+/m0/s1. The zero-order valence-corrected chi connectivity index (χ0v) is 35.0. The molecule has 1 amide bonds. The predicted octanol–water partition coefficient (Wildman–Crippen LogP) is 7.23. The molecular weight excluding hydrogens is 819 g/mol. The largest absolute Gasteiger partial charge is 0.489 e. The summed E-state index contributed by atoms with van der Waals surface area (Å²) in [5.41, 5.74) is 5.40. The van der Waals surface area contributed by atoms with Gasteiger partial charge in [0, 0.05) is 44.5 Å². The molecule has 0 fully saturated rings. The van der Waals surface area contributed by atoms with Crippen LogP contribution in [-0.4, -0.2) is 71.8 Å². The molecule has 59 heavy (non-hydrogen) atoms. The molecule has 16 heteroatoms. The lowest BCUT2D eigenvalue weighted by atomic mass is 9.94. The molecule has 0 saturated heterocycles. The van der Waals surface area contributed by atoms with E-state index in [-0.39, 0.29) is 26.0 Å². The summed E-state index contributed by atoms with van der Waals surface area (Å²) in [6, 6.07) is 22.3. The summed E-state index contributed by atoms with van der Waals surface area (Å²) < 4.78 is 53.9. The van der Waals surface area contributed by atoms with Gasteiger partial charge in [-0.05, 0) is 103 Å². The second kappa shape index (κ2) is 17.5. The van der Waals surface area contributed by atoms with Crippen LogP contribution in [0.5, 0.6) is 28.7 Å². The Morgan fingerprint density at radius 3 is 2.32 bits per heavy atom. The second-order valence-corrected chi connectivity index (χ2v) is 17.4. The average Bonchev–Trinajstić information content (AvgIpc) is 3.22. The van der Waals surface area contributed by atoms with E-state index in [4.69, 9.17) is 42.1 Å². The molecule has 1 unspecified atom stereocenters. The van der Waals surface area contributed by atoms with E-state index in [2.05, 4.69) is 10.3 Å². The van der Waals surface area contributed by atoms with Crippen molar-refractivity contribution < 1.29 is 42.1 Å². The van der Waals surface area contributed by atoms with Crippen LogP contribution in [0.4, 0.5) is 0 Å². The van der Waals surface area contributed by atoms with Crippen molar-refractivity contribution >= 4 is 45.3 Å². The molecule has 4 aromatic carbocycles. The van der Waals surface area contributed by atoms with Crippen molar-refractivity contribution in [1.29, 1.82) is 0 Å². The molecule has 0 saturated carbocycles. The zero-order chi connectivity index (χ0) is 42.0. The Balaban J connectivity index is 1.04. The number of aromatic nitrogens is 1. The number of aryl methyl sites for hydroxylation is 1. The molecule has 3 heterocycles. The number of aliphatic carboxylic acids is 1. The minimum Gasteiger partial charge on any atom is -0.489 e. The van der Waals surface area contributed by atoms with Gasteiger partial charge in [-0.25, -0.2) is 4.79 Å². The maximum absolute atomic E-state index is 14.0. The van der Waals surface area contributed by atoms with Crippen LogP contribution in [0.3, 0.4) is 0 Å². The van der Waals surface area contributed by atoms with Gasteiger partial charge in [0.15, 0.2) is 17.6 Å². The maximum atomic E-state index is 14.0. The molecule has 7 rings (SSSR count). The first kappa shape index (κ1) is 41.8. The second-order valence-electron chi connectivity index (χ2n) is 14.5. The summed E-state index contributed by atoms with van der Waals surface area (Å²) in [4.78, 5) is 30.7. The number of halogens is 2. The number of hydrogen-bond acceptors (Lipinski definition) is 9. The number of carbonyl (C=O) groups excluding carboxylic acids is 1. The zero-order valence-electron chi connectivity index (χ0n) is 32.6. The monoisotopic (exact) mass is 860 g/mol. The Labute approximate surface area is 352 Å². The first-order chi connectivity index (χ1) is 28.2. The molecule has 2 aliphatic heterocycles. The van der Waals surface area contributed by atoms with Crippen LogP contribution in [0.1, 0.15) is 45.2 Å². The van der Waals surface area contributed by atoms with Gasteiger partial charge >= 0.3 is 5.97 Å². The summed E-state index contributed by atoms with van der Waals surface area (Å²) >= 11 is 12.1. The van der Waals surface area contributed by atoms with Gasteiger partial charge in [0.25, 0.3) is 10.2 Å². The molecule has 2 N–H and O–H groups in total. The Morgan fingerprint density at radius 1 is 0.932 bits per heavy atom. The molecule has 0 bridgehead atoms. The minimum atomic E-state index is -4.15. The fourth-order valence-electron chi connectivity index (χ4n) is 6.79. The fraction of sp³-hybridized carbons (Fsp3) is 0.279. The molecule has 308 valence electrons. The van der Waals surface area contributed by atoms with Crippen LogP contribution in [0.25, 0.3) is 0 Å². The van der Waals surface area contributed by atoms with Crippen molar-refractivity contribution in [2.24, 2.45) is 0 Å². The van der Waals surface area contributed by atoms with Gasteiger partial charge in [0.1, 0.15) is 42.5 Å². The van der Waals surface area contributed by atoms with E-state index in [1.54, 1.807) is 60.8 Å². The first-order valence-electron chi connectivity index (χ1n) is 18.7. The number of pyridine rings is 1. The van der Waals surface area contributed by atoms with Crippen LogP contribution >= 0.6 is 23.2 Å². The number of hydrogen-bond donors (Lipinski definition) is 2. The van der Waals surface area contributed by atoms with Crippen LogP contribution in [-0.2, 0) is 45.8 Å². The molecule has 0 spiro atoms. The van der Waals surface area contributed by atoms with Gasteiger partial charge in [-0.2, -0.15) is 17.0 Å². The topological polar surface area (TPSA) is 157 Å². The molecule has 0 radical (unpaired) electrons. The van der Waals surface area contributed by atoms with Crippen LogP contribution < -0.4 is 24.3 Å². The van der Waals surface area contributed by atoms with E-state index in [1.165, 1.54) is 14.1 Å². The average molecular weight is 862 g/mol.